The van der Waals surface area contributed by atoms with E-state index in [1.165, 1.54) is 83.5 Å². The van der Waals surface area contributed by atoms with Gasteiger partial charge in [0.05, 0.1) is 13.2 Å². The van der Waals surface area contributed by atoms with Gasteiger partial charge in [-0.3, -0.25) is 0 Å². The molecule has 188 valence electrons. The number of allylic oxidation sites excluding steroid dienone is 4. The fourth-order valence-corrected chi connectivity index (χ4v) is 3.63. The van der Waals surface area contributed by atoms with Gasteiger partial charge in [-0.05, 0) is 50.9 Å². The van der Waals surface area contributed by atoms with Gasteiger partial charge in [0.15, 0.2) is 0 Å². The topological polar surface area (TPSA) is 35.5 Å². The smallest absolute Gasteiger partial charge is 0.434 e. The fourth-order valence-electron chi connectivity index (χ4n) is 3.63. The summed E-state index contributed by atoms with van der Waals surface area (Å²) in [5.41, 5.74) is 0. The molecule has 0 aliphatic rings. The number of carbonyl (C=O) groups excluding carboxylic acids is 1. The summed E-state index contributed by atoms with van der Waals surface area (Å²) in [4.78, 5) is 11.6. The molecule has 0 fully saturated rings. The zero-order valence-electron chi connectivity index (χ0n) is 21.8. The maximum atomic E-state index is 11.6. The lowest BCUT2D eigenvalue weighted by Gasteiger charge is -2.07. The Bertz CT molecular complexity index is 440. The second-order valence-electron chi connectivity index (χ2n) is 9.48. The van der Waals surface area contributed by atoms with Crippen LogP contribution in [0.4, 0.5) is 4.79 Å². The van der Waals surface area contributed by atoms with Crippen LogP contribution in [0.15, 0.2) is 24.3 Å². The van der Waals surface area contributed by atoms with E-state index in [9.17, 15) is 4.79 Å². The van der Waals surface area contributed by atoms with Crippen LogP contribution in [0.3, 0.4) is 0 Å². The molecule has 0 atom stereocenters. The van der Waals surface area contributed by atoms with Gasteiger partial charge in [0.1, 0.15) is 0 Å². The normalized spacial score (nSPS) is 11.8. The van der Waals surface area contributed by atoms with Crippen molar-refractivity contribution in [1.82, 2.24) is 0 Å². The van der Waals surface area contributed by atoms with E-state index < -0.39 is 6.16 Å². The van der Waals surface area contributed by atoms with Crippen LogP contribution < -0.4 is 0 Å². The highest BCUT2D eigenvalue weighted by Crippen LogP contribution is 2.11. The summed E-state index contributed by atoms with van der Waals surface area (Å²) in [6.45, 7) is 7.78. The molecule has 0 aromatic carbocycles. The molecule has 0 heterocycles. The van der Waals surface area contributed by atoms with Crippen molar-refractivity contribution in [1.29, 1.82) is 0 Å². The van der Waals surface area contributed by atoms with Gasteiger partial charge >= 0.3 is 6.16 Å². The van der Waals surface area contributed by atoms with Gasteiger partial charge in [-0.15, -0.1) is 0 Å². The van der Waals surface area contributed by atoms with Gasteiger partial charge in [0.2, 0.25) is 0 Å². The number of hydrogen-bond donors (Lipinski definition) is 0. The zero-order chi connectivity index (χ0) is 23.5. The first-order chi connectivity index (χ1) is 15.7. The summed E-state index contributed by atoms with van der Waals surface area (Å²) in [5.74, 6) is 0.804. The van der Waals surface area contributed by atoms with Crippen LogP contribution in [-0.2, 0) is 9.47 Å². The van der Waals surface area contributed by atoms with E-state index in [0.29, 0.717) is 13.2 Å². The molecule has 0 aromatic heterocycles. The molecule has 3 heteroatoms. The SMILES string of the molecule is CCCCCC=CCC=CCCCCCCCCOC(=O)OCCCCCCCC(C)C. The first-order valence-electron chi connectivity index (χ1n) is 13.8. The van der Waals surface area contributed by atoms with Gasteiger partial charge in [0.25, 0.3) is 0 Å². The average Bonchev–Trinajstić information content (AvgIpc) is 2.77. The van der Waals surface area contributed by atoms with Gasteiger partial charge in [0, 0.05) is 0 Å². The third-order valence-electron chi connectivity index (χ3n) is 5.71. The van der Waals surface area contributed by atoms with Gasteiger partial charge in [-0.1, -0.05) is 116 Å². The van der Waals surface area contributed by atoms with Crippen LogP contribution in [0.25, 0.3) is 0 Å². The first kappa shape index (κ1) is 30.8. The van der Waals surface area contributed by atoms with Crippen LogP contribution in [0.1, 0.15) is 136 Å². The highest BCUT2D eigenvalue weighted by atomic mass is 16.7. The third kappa shape index (κ3) is 26.8. The van der Waals surface area contributed by atoms with Gasteiger partial charge in [-0.2, -0.15) is 0 Å². The van der Waals surface area contributed by atoms with E-state index >= 15 is 0 Å². The van der Waals surface area contributed by atoms with Crippen molar-refractivity contribution < 1.29 is 14.3 Å². The van der Waals surface area contributed by atoms with Crippen LogP contribution in [-0.4, -0.2) is 19.4 Å². The quantitative estimate of drug-likeness (QED) is 0.0882. The molecular formula is C29H54O3. The Morgan fingerprint density at radius 3 is 1.62 bits per heavy atom. The minimum Gasteiger partial charge on any atom is -0.434 e. The minimum absolute atomic E-state index is 0.489. The molecule has 0 unspecified atom stereocenters. The molecule has 0 saturated heterocycles. The second kappa shape index (κ2) is 26.0. The maximum absolute atomic E-state index is 11.6. The lowest BCUT2D eigenvalue weighted by Crippen LogP contribution is -2.09. The van der Waals surface area contributed by atoms with E-state index in [1.54, 1.807) is 0 Å². The van der Waals surface area contributed by atoms with Crippen LogP contribution in [0.2, 0.25) is 0 Å². The van der Waals surface area contributed by atoms with Crippen molar-refractivity contribution >= 4 is 6.16 Å². The van der Waals surface area contributed by atoms with E-state index in [4.69, 9.17) is 9.47 Å². The number of hydrogen-bond acceptors (Lipinski definition) is 3. The molecule has 0 bridgehead atoms. The van der Waals surface area contributed by atoms with Crippen molar-refractivity contribution in [2.75, 3.05) is 13.2 Å². The number of ether oxygens (including phenoxy) is 2. The standard InChI is InChI=1S/C29H54O3/c1-4-5-6-7-8-9-10-11-12-13-14-15-16-17-20-23-26-31-29(30)32-27-24-21-18-19-22-25-28(2)3/h8-9,11-12,28H,4-7,10,13-27H2,1-3H3. The Hall–Kier alpha value is -1.25. The van der Waals surface area contributed by atoms with E-state index in [2.05, 4.69) is 45.1 Å². The average molecular weight is 451 g/mol. The van der Waals surface area contributed by atoms with Crippen LogP contribution >= 0.6 is 0 Å². The highest BCUT2D eigenvalue weighted by Gasteiger charge is 2.03. The lowest BCUT2D eigenvalue weighted by atomic mass is 10.0. The van der Waals surface area contributed by atoms with Crippen molar-refractivity contribution in [3.63, 3.8) is 0 Å². The molecule has 0 rings (SSSR count). The molecule has 0 aromatic rings. The molecule has 0 amide bonds. The maximum Gasteiger partial charge on any atom is 0.508 e. The summed E-state index contributed by atoms with van der Waals surface area (Å²) in [5, 5.41) is 0. The molecule has 0 aliphatic carbocycles. The first-order valence-corrected chi connectivity index (χ1v) is 13.8. The summed E-state index contributed by atoms with van der Waals surface area (Å²) < 4.78 is 10.3. The monoisotopic (exact) mass is 450 g/mol. The largest absolute Gasteiger partial charge is 0.508 e. The zero-order valence-corrected chi connectivity index (χ0v) is 21.8. The molecule has 0 N–H and O–H groups in total. The number of carbonyl (C=O) groups is 1. The van der Waals surface area contributed by atoms with Crippen molar-refractivity contribution in [2.24, 2.45) is 5.92 Å². The molecular weight excluding hydrogens is 396 g/mol. The highest BCUT2D eigenvalue weighted by molar-refractivity contribution is 5.59. The van der Waals surface area contributed by atoms with Crippen molar-refractivity contribution in [3.05, 3.63) is 24.3 Å². The summed E-state index contributed by atoms with van der Waals surface area (Å²) in [6.07, 6.45) is 30.6. The van der Waals surface area contributed by atoms with E-state index in [0.717, 1.165) is 38.0 Å². The predicted molar refractivity (Wildman–Crippen MR) is 139 cm³/mol. The fraction of sp³-hybridized carbons (Fsp3) is 0.828. The molecule has 3 nitrogen and oxygen atoms in total. The summed E-state index contributed by atoms with van der Waals surface area (Å²) >= 11 is 0. The second-order valence-corrected chi connectivity index (χ2v) is 9.48. The molecule has 0 aliphatic heterocycles. The van der Waals surface area contributed by atoms with Crippen LogP contribution in [0.5, 0.6) is 0 Å². The molecule has 32 heavy (non-hydrogen) atoms. The Kier molecular flexibility index (Phi) is 25.0. The molecule has 0 radical (unpaired) electrons. The van der Waals surface area contributed by atoms with E-state index in [1.807, 2.05) is 0 Å². The number of unbranched alkanes of at least 4 members (excludes halogenated alkanes) is 13. The summed E-state index contributed by atoms with van der Waals surface area (Å²) in [6, 6.07) is 0. The Morgan fingerprint density at radius 2 is 1.09 bits per heavy atom. The van der Waals surface area contributed by atoms with Gasteiger partial charge in [-0.25, -0.2) is 4.79 Å². The molecule has 0 saturated carbocycles. The predicted octanol–water partition coefficient (Wildman–Crippen LogP) is 9.95. The third-order valence-corrected chi connectivity index (χ3v) is 5.71. The van der Waals surface area contributed by atoms with Gasteiger partial charge < -0.3 is 9.47 Å². The Morgan fingerprint density at radius 1 is 0.625 bits per heavy atom. The Balaban J connectivity index is 3.24. The summed E-state index contributed by atoms with van der Waals surface area (Å²) in [7, 11) is 0. The van der Waals surface area contributed by atoms with Crippen molar-refractivity contribution in [2.45, 2.75) is 136 Å². The lowest BCUT2D eigenvalue weighted by molar-refractivity contribution is 0.0529. The van der Waals surface area contributed by atoms with Crippen LogP contribution in [0, 0.1) is 5.92 Å². The minimum atomic E-state index is -0.493. The number of rotatable bonds is 23. The Labute approximate surface area is 200 Å². The molecule has 0 spiro atoms. The van der Waals surface area contributed by atoms with E-state index in [-0.39, 0.29) is 0 Å². The van der Waals surface area contributed by atoms with Crippen molar-refractivity contribution in [3.8, 4) is 0 Å².